The van der Waals surface area contributed by atoms with Gasteiger partial charge in [-0.3, -0.25) is 4.79 Å². The summed E-state index contributed by atoms with van der Waals surface area (Å²) in [4.78, 5) is 25.5. The van der Waals surface area contributed by atoms with Gasteiger partial charge in [-0.25, -0.2) is 9.97 Å². The van der Waals surface area contributed by atoms with Crippen molar-refractivity contribution < 1.29 is 9.53 Å². The van der Waals surface area contributed by atoms with Gasteiger partial charge in [0.25, 0.3) is 0 Å². The largest absolute Gasteiger partial charge is 0.481 e. The summed E-state index contributed by atoms with van der Waals surface area (Å²) in [5, 5.41) is 0. The van der Waals surface area contributed by atoms with Gasteiger partial charge in [-0.2, -0.15) is 0 Å². The fraction of sp³-hybridized carbons (Fsp3) is 0.706. The van der Waals surface area contributed by atoms with Crippen LogP contribution in [0.15, 0.2) is 12.4 Å². The molecule has 124 valence electrons. The highest BCUT2D eigenvalue weighted by atomic mass is 16.5. The number of aromatic nitrogens is 2. The van der Waals surface area contributed by atoms with E-state index < -0.39 is 0 Å². The molecule has 23 heavy (non-hydrogen) atoms. The highest BCUT2D eigenvalue weighted by molar-refractivity contribution is 5.80. The Morgan fingerprint density at radius 1 is 1.17 bits per heavy atom. The van der Waals surface area contributed by atoms with Crippen molar-refractivity contribution in [3.8, 4) is 5.88 Å². The monoisotopic (exact) mass is 316 g/mol. The lowest BCUT2D eigenvalue weighted by Crippen LogP contribution is -2.36. The highest BCUT2D eigenvalue weighted by Crippen LogP contribution is 2.38. The third-order valence-corrected chi connectivity index (χ3v) is 5.74. The number of anilines is 1. The number of fused-ring (bicyclic) bond motifs is 1. The van der Waals surface area contributed by atoms with Gasteiger partial charge in [-0.15, -0.1) is 0 Å². The van der Waals surface area contributed by atoms with Crippen molar-refractivity contribution >= 4 is 11.7 Å². The molecule has 0 N–H and O–H groups in total. The minimum absolute atomic E-state index is 0.106. The molecule has 0 radical (unpaired) electrons. The number of likely N-dealkylation sites (tertiary alicyclic amines) is 1. The van der Waals surface area contributed by atoms with Crippen LogP contribution in [0, 0.1) is 17.8 Å². The molecule has 2 saturated heterocycles. The first-order chi connectivity index (χ1) is 11.2. The van der Waals surface area contributed by atoms with E-state index in [1.54, 1.807) is 7.11 Å². The third kappa shape index (κ3) is 2.75. The van der Waals surface area contributed by atoms with Gasteiger partial charge in [0, 0.05) is 32.2 Å². The summed E-state index contributed by atoms with van der Waals surface area (Å²) in [6.07, 6.45) is 6.41. The molecular formula is C17H24N4O2. The van der Waals surface area contributed by atoms with Gasteiger partial charge < -0.3 is 14.5 Å². The maximum atomic E-state index is 12.8. The lowest BCUT2D eigenvalue weighted by atomic mass is 10.0. The molecule has 1 aliphatic carbocycles. The second kappa shape index (κ2) is 5.98. The van der Waals surface area contributed by atoms with Crippen LogP contribution in [0.2, 0.25) is 0 Å². The number of nitrogens with zero attached hydrogens (tertiary/aromatic N) is 4. The molecule has 1 aromatic rings. The smallest absolute Gasteiger partial charge is 0.227 e. The number of methoxy groups -OCH3 is 1. The Hall–Kier alpha value is -1.85. The van der Waals surface area contributed by atoms with Crippen LogP contribution in [0.3, 0.4) is 0 Å². The van der Waals surface area contributed by atoms with Crippen LogP contribution in [0.25, 0.3) is 0 Å². The number of hydrogen-bond donors (Lipinski definition) is 0. The first-order valence-electron chi connectivity index (χ1n) is 8.64. The number of amides is 1. The Labute approximate surface area is 136 Å². The molecule has 1 saturated carbocycles. The van der Waals surface area contributed by atoms with Crippen molar-refractivity contribution in [3.63, 3.8) is 0 Å². The van der Waals surface area contributed by atoms with Crippen LogP contribution < -0.4 is 9.64 Å². The SMILES string of the molecule is COc1cc(N2CCC(C(=O)N3CC4CCCC4C3)C2)ncn1. The van der Waals surface area contributed by atoms with Gasteiger partial charge in [0.1, 0.15) is 12.1 Å². The van der Waals surface area contributed by atoms with Gasteiger partial charge in [0.2, 0.25) is 11.8 Å². The topological polar surface area (TPSA) is 58.6 Å². The van der Waals surface area contributed by atoms with E-state index in [1.807, 2.05) is 6.07 Å². The second-order valence-electron chi connectivity index (χ2n) is 7.04. The normalized spacial score (nSPS) is 29.9. The molecule has 1 amide bonds. The summed E-state index contributed by atoms with van der Waals surface area (Å²) >= 11 is 0. The van der Waals surface area contributed by atoms with Crippen LogP contribution in [0.4, 0.5) is 5.82 Å². The van der Waals surface area contributed by atoms with Crippen molar-refractivity contribution in [1.29, 1.82) is 0 Å². The minimum atomic E-state index is 0.106. The molecule has 6 nitrogen and oxygen atoms in total. The molecule has 2 aliphatic heterocycles. The standard InChI is InChI=1S/C17H24N4O2/c1-23-16-7-15(18-11-19-16)20-6-5-14(10-20)17(22)21-8-12-3-2-4-13(12)9-21/h7,11-14H,2-6,8-10H2,1H3. The van der Waals surface area contributed by atoms with Crippen LogP contribution in [0.5, 0.6) is 5.88 Å². The van der Waals surface area contributed by atoms with E-state index in [1.165, 1.54) is 25.6 Å². The fourth-order valence-corrected chi connectivity index (χ4v) is 4.46. The quantitative estimate of drug-likeness (QED) is 0.847. The van der Waals surface area contributed by atoms with Crippen molar-refractivity contribution in [2.45, 2.75) is 25.7 Å². The average Bonchev–Trinajstić information content (AvgIpc) is 3.29. The lowest BCUT2D eigenvalue weighted by molar-refractivity contribution is -0.134. The average molecular weight is 316 g/mol. The number of rotatable bonds is 3. The first kappa shape index (κ1) is 14.7. The van der Waals surface area contributed by atoms with Crippen molar-refractivity contribution in [2.75, 3.05) is 38.2 Å². The molecule has 3 aliphatic rings. The Kier molecular flexibility index (Phi) is 3.83. The molecule has 0 aromatic carbocycles. The van der Waals surface area contributed by atoms with Crippen LogP contribution in [-0.4, -0.2) is 54.1 Å². The summed E-state index contributed by atoms with van der Waals surface area (Å²) in [6.45, 7) is 3.60. The van der Waals surface area contributed by atoms with E-state index in [9.17, 15) is 4.79 Å². The molecule has 1 aromatic heterocycles. The van der Waals surface area contributed by atoms with E-state index in [0.717, 1.165) is 50.3 Å². The van der Waals surface area contributed by atoms with E-state index in [0.29, 0.717) is 11.8 Å². The zero-order chi connectivity index (χ0) is 15.8. The molecule has 3 unspecified atom stereocenters. The van der Waals surface area contributed by atoms with E-state index in [2.05, 4.69) is 19.8 Å². The fourth-order valence-electron chi connectivity index (χ4n) is 4.46. The van der Waals surface area contributed by atoms with Gasteiger partial charge in [-0.1, -0.05) is 6.42 Å². The first-order valence-corrected chi connectivity index (χ1v) is 8.64. The molecule has 3 atom stereocenters. The number of hydrogen-bond acceptors (Lipinski definition) is 5. The Morgan fingerprint density at radius 3 is 2.70 bits per heavy atom. The molecule has 3 heterocycles. The predicted molar refractivity (Wildman–Crippen MR) is 86.3 cm³/mol. The van der Waals surface area contributed by atoms with E-state index in [4.69, 9.17) is 4.74 Å². The van der Waals surface area contributed by atoms with Gasteiger partial charge in [0.15, 0.2) is 0 Å². The van der Waals surface area contributed by atoms with Crippen LogP contribution in [0.1, 0.15) is 25.7 Å². The molecule has 4 rings (SSSR count). The molecule has 6 heteroatoms. The van der Waals surface area contributed by atoms with Crippen molar-refractivity contribution in [1.82, 2.24) is 14.9 Å². The Balaban J connectivity index is 1.39. The Bertz CT molecular complexity index is 582. The van der Waals surface area contributed by atoms with Gasteiger partial charge in [-0.05, 0) is 31.1 Å². The van der Waals surface area contributed by atoms with Crippen LogP contribution in [-0.2, 0) is 4.79 Å². The molecular weight excluding hydrogens is 292 g/mol. The lowest BCUT2D eigenvalue weighted by Gasteiger charge is -2.22. The van der Waals surface area contributed by atoms with E-state index >= 15 is 0 Å². The van der Waals surface area contributed by atoms with Gasteiger partial charge in [0.05, 0.1) is 13.0 Å². The maximum absolute atomic E-state index is 12.8. The maximum Gasteiger partial charge on any atom is 0.227 e. The minimum Gasteiger partial charge on any atom is -0.481 e. The van der Waals surface area contributed by atoms with E-state index in [-0.39, 0.29) is 5.92 Å². The number of ether oxygens (including phenoxy) is 1. The Morgan fingerprint density at radius 2 is 1.96 bits per heavy atom. The predicted octanol–water partition coefficient (Wildman–Crippen LogP) is 1.57. The summed E-state index contributed by atoms with van der Waals surface area (Å²) in [5.41, 5.74) is 0. The van der Waals surface area contributed by atoms with Crippen molar-refractivity contribution in [3.05, 3.63) is 12.4 Å². The summed E-state index contributed by atoms with van der Waals surface area (Å²) in [7, 11) is 1.60. The molecule has 3 fully saturated rings. The molecule has 0 bridgehead atoms. The second-order valence-corrected chi connectivity index (χ2v) is 7.04. The summed E-state index contributed by atoms with van der Waals surface area (Å²) < 4.78 is 5.16. The van der Waals surface area contributed by atoms with Crippen LogP contribution >= 0.6 is 0 Å². The zero-order valence-corrected chi connectivity index (χ0v) is 13.6. The highest BCUT2D eigenvalue weighted by Gasteiger charge is 2.41. The number of carbonyl (C=O) groups is 1. The summed E-state index contributed by atoms with van der Waals surface area (Å²) in [6, 6.07) is 1.84. The van der Waals surface area contributed by atoms with Gasteiger partial charge >= 0.3 is 0 Å². The zero-order valence-electron chi connectivity index (χ0n) is 13.6. The molecule has 0 spiro atoms. The van der Waals surface area contributed by atoms with Crippen molar-refractivity contribution in [2.24, 2.45) is 17.8 Å². The third-order valence-electron chi connectivity index (χ3n) is 5.74. The number of carbonyl (C=O) groups excluding carboxylic acids is 1. The summed E-state index contributed by atoms with van der Waals surface area (Å²) in [5.74, 6) is 3.41.